The number of hydrogen-bond donors (Lipinski definition) is 0. The Morgan fingerprint density at radius 1 is 0.905 bits per heavy atom. The summed E-state index contributed by atoms with van der Waals surface area (Å²) < 4.78 is 16.5. The third-order valence-corrected chi connectivity index (χ3v) is 8.23. The molecule has 0 aliphatic rings. The molecular formula is C36H59NO5. The zero-order valence-electron chi connectivity index (χ0n) is 27.5. The Hall–Kier alpha value is -2.39. The fourth-order valence-electron chi connectivity index (χ4n) is 5.60. The number of benzene rings is 1. The van der Waals surface area contributed by atoms with Gasteiger partial charge < -0.3 is 14.2 Å². The SMILES string of the molecule is CCCCCCCCCCC(C)OC(=O)C(CC(C#N)CC(CC)c1ccccc1)CC(C)(C)C(=O)OCCCOC. The van der Waals surface area contributed by atoms with Crippen molar-refractivity contribution in [2.45, 2.75) is 137 Å². The van der Waals surface area contributed by atoms with Gasteiger partial charge in [-0.15, -0.1) is 0 Å². The smallest absolute Gasteiger partial charge is 0.311 e. The van der Waals surface area contributed by atoms with E-state index in [4.69, 9.17) is 14.2 Å². The van der Waals surface area contributed by atoms with Crippen molar-refractivity contribution in [3.05, 3.63) is 35.9 Å². The van der Waals surface area contributed by atoms with Gasteiger partial charge in [0.15, 0.2) is 0 Å². The molecule has 4 unspecified atom stereocenters. The molecule has 4 atom stereocenters. The zero-order valence-corrected chi connectivity index (χ0v) is 27.5. The third-order valence-electron chi connectivity index (χ3n) is 8.23. The molecule has 0 fully saturated rings. The molecule has 0 heterocycles. The maximum absolute atomic E-state index is 13.6. The molecular weight excluding hydrogens is 526 g/mol. The Morgan fingerprint density at radius 3 is 2.14 bits per heavy atom. The normalized spacial score (nSPS) is 14.4. The van der Waals surface area contributed by atoms with Crippen LogP contribution in [0.5, 0.6) is 0 Å². The molecule has 6 heteroatoms. The van der Waals surface area contributed by atoms with E-state index in [2.05, 4.69) is 32.0 Å². The first-order valence-corrected chi connectivity index (χ1v) is 16.5. The lowest BCUT2D eigenvalue weighted by atomic mass is 9.77. The Labute approximate surface area is 256 Å². The van der Waals surface area contributed by atoms with Crippen LogP contribution in [-0.4, -0.2) is 38.4 Å². The van der Waals surface area contributed by atoms with Gasteiger partial charge in [0.1, 0.15) is 0 Å². The summed E-state index contributed by atoms with van der Waals surface area (Å²) in [5, 5.41) is 10.1. The van der Waals surface area contributed by atoms with Crippen LogP contribution in [-0.2, 0) is 23.8 Å². The molecule has 0 aliphatic carbocycles. The number of ether oxygens (including phenoxy) is 3. The molecule has 0 aromatic heterocycles. The standard InChI is InChI=1S/C36H59NO5/c1-7-9-10-11-12-13-14-16-20-29(3)42-34(38)33(27-36(4,5)35(39)41-24-19-23-40-6)26-30(28-37)25-31(8-2)32-21-17-15-18-22-32/h15,17-18,21-22,29-31,33H,7-14,16,19-20,23-27H2,1-6H3. The average Bonchev–Trinajstić information content (AvgIpc) is 2.98. The predicted molar refractivity (Wildman–Crippen MR) is 170 cm³/mol. The number of carbonyl (C=O) groups is 2. The number of unbranched alkanes of at least 4 members (excludes halogenated alkanes) is 7. The van der Waals surface area contributed by atoms with Crippen LogP contribution in [0, 0.1) is 28.6 Å². The van der Waals surface area contributed by atoms with E-state index in [0.717, 1.165) is 25.7 Å². The predicted octanol–water partition coefficient (Wildman–Crippen LogP) is 9.17. The van der Waals surface area contributed by atoms with Gasteiger partial charge in [0.05, 0.1) is 30.1 Å². The molecule has 1 rings (SSSR count). The highest BCUT2D eigenvalue weighted by Gasteiger charge is 2.37. The van der Waals surface area contributed by atoms with Gasteiger partial charge in [0.25, 0.3) is 0 Å². The molecule has 0 saturated heterocycles. The van der Waals surface area contributed by atoms with Crippen molar-refractivity contribution in [3.63, 3.8) is 0 Å². The summed E-state index contributed by atoms with van der Waals surface area (Å²) in [6, 6.07) is 12.7. The van der Waals surface area contributed by atoms with Gasteiger partial charge in [-0.3, -0.25) is 9.59 Å². The second kappa shape index (κ2) is 22.2. The van der Waals surface area contributed by atoms with Crippen LogP contribution in [0.4, 0.5) is 0 Å². The van der Waals surface area contributed by atoms with Gasteiger partial charge in [-0.1, -0.05) is 89.1 Å². The summed E-state index contributed by atoms with van der Waals surface area (Å²) >= 11 is 0. The van der Waals surface area contributed by atoms with E-state index < -0.39 is 11.3 Å². The zero-order chi connectivity index (χ0) is 31.2. The van der Waals surface area contributed by atoms with E-state index in [1.807, 2.05) is 39.0 Å². The third kappa shape index (κ3) is 15.7. The molecule has 6 nitrogen and oxygen atoms in total. The first-order valence-electron chi connectivity index (χ1n) is 16.5. The van der Waals surface area contributed by atoms with E-state index in [1.54, 1.807) is 7.11 Å². The van der Waals surface area contributed by atoms with Crippen LogP contribution >= 0.6 is 0 Å². The van der Waals surface area contributed by atoms with E-state index in [0.29, 0.717) is 25.9 Å². The fraction of sp³-hybridized carbons (Fsp3) is 0.750. The molecule has 0 amide bonds. The van der Waals surface area contributed by atoms with E-state index in [1.165, 1.54) is 44.1 Å². The fourth-order valence-corrected chi connectivity index (χ4v) is 5.60. The quantitative estimate of drug-likeness (QED) is 0.0888. The number of esters is 2. The van der Waals surface area contributed by atoms with E-state index in [-0.39, 0.29) is 42.9 Å². The van der Waals surface area contributed by atoms with E-state index >= 15 is 0 Å². The summed E-state index contributed by atoms with van der Waals surface area (Å²) in [7, 11) is 1.62. The van der Waals surface area contributed by atoms with Crippen LogP contribution in [0.3, 0.4) is 0 Å². The maximum Gasteiger partial charge on any atom is 0.311 e. The Bertz CT molecular complexity index is 894. The Morgan fingerprint density at radius 2 is 1.55 bits per heavy atom. The van der Waals surface area contributed by atoms with Gasteiger partial charge in [-0.25, -0.2) is 0 Å². The lowest BCUT2D eigenvalue weighted by Gasteiger charge is -2.29. The lowest BCUT2D eigenvalue weighted by molar-refractivity contribution is -0.160. The number of rotatable bonds is 24. The van der Waals surface area contributed by atoms with Gasteiger partial charge in [0, 0.05) is 26.1 Å². The minimum atomic E-state index is -0.888. The molecule has 238 valence electrons. The highest BCUT2D eigenvalue weighted by molar-refractivity contribution is 5.78. The van der Waals surface area contributed by atoms with Crippen molar-refractivity contribution in [1.29, 1.82) is 5.26 Å². The number of methoxy groups -OCH3 is 1. The molecule has 0 aliphatic heterocycles. The minimum Gasteiger partial charge on any atom is -0.465 e. The Kier molecular flexibility index (Phi) is 19.9. The van der Waals surface area contributed by atoms with Crippen molar-refractivity contribution in [2.24, 2.45) is 17.3 Å². The summed E-state index contributed by atoms with van der Waals surface area (Å²) in [5.74, 6) is -1.31. The largest absolute Gasteiger partial charge is 0.465 e. The van der Waals surface area contributed by atoms with Crippen molar-refractivity contribution in [2.75, 3.05) is 20.3 Å². The molecule has 1 aromatic rings. The van der Waals surface area contributed by atoms with Crippen LogP contribution in [0.15, 0.2) is 30.3 Å². The average molecular weight is 586 g/mol. The molecule has 0 saturated carbocycles. The topological polar surface area (TPSA) is 85.6 Å². The van der Waals surface area contributed by atoms with Crippen molar-refractivity contribution < 1.29 is 23.8 Å². The molecule has 42 heavy (non-hydrogen) atoms. The summed E-state index contributed by atoms with van der Waals surface area (Å²) in [6.45, 7) is 10.7. The molecule has 0 radical (unpaired) electrons. The first kappa shape index (κ1) is 37.6. The second-order valence-electron chi connectivity index (χ2n) is 12.6. The van der Waals surface area contributed by atoms with Crippen LogP contribution < -0.4 is 0 Å². The van der Waals surface area contributed by atoms with Gasteiger partial charge >= 0.3 is 11.9 Å². The van der Waals surface area contributed by atoms with Crippen molar-refractivity contribution in [3.8, 4) is 6.07 Å². The summed E-state index contributed by atoms with van der Waals surface area (Å²) in [5.41, 5.74) is 0.319. The van der Waals surface area contributed by atoms with Crippen molar-refractivity contribution >= 4 is 11.9 Å². The number of nitrogens with zero attached hydrogens (tertiary/aromatic N) is 1. The highest BCUT2D eigenvalue weighted by Crippen LogP contribution is 2.35. The molecule has 0 bridgehead atoms. The molecule has 1 aromatic carbocycles. The number of hydrogen-bond acceptors (Lipinski definition) is 6. The van der Waals surface area contributed by atoms with Crippen LogP contribution in [0.1, 0.15) is 136 Å². The van der Waals surface area contributed by atoms with Crippen LogP contribution in [0.25, 0.3) is 0 Å². The Balaban J connectivity index is 2.86. The van der Waals surface area contributed by atoms with E-state index in [9.17, 15) is 14.9 Å². The van der Waals surface area contributed by atoms with Gasteiger partial charge in [-0.2, -0.15) is 5.26 Å². The number of nitriles is 1. The summed E-state index contributed by atoms with van der Waals surface area (Å²) in [6.07, 6.45) is 13.3. The van der Waals surface area contributed by atoms with Crippen LogP contribution in [0.2, 0.25) is 0 Å². The minimum absolute atomic E-state index is 0.197. The highest BCUT2D eigenvalue weighted by atomic mass is 16.5. The molecule has 0 N–H and O–H groups in total. The number of carbonyl (C=O) groups excluding carboxylic acids is 2. The second-order valence-corrected chi connectivity index (χ2v) is 12.6. The summed E-state index contributed by atoms with van der Waals surface area (Å²) in [4.78, 5) is 26.5. The first-order chi connectivity index (χ1) is 20.2. The van der Waals surface area contributed by atoms with Gasteiger partial charge in [0.2, 0.25) is 0 Å². The molecule has 0 spiro atoms. The maximum atomic E-state index is 13.6. The van der Waals surface area contributed by atoms with Crippen molar-refractivity contribution in [1.82, 2.24) is 0 Å². The lowest BCUT2D eigenvalue weighted by Crippen LogP contribution is -2.34. The van der Waals surface area contributed by atoms with Gasteiger partial charge in [-0.05, 0) is 70.8 Å². The monoisotopic (exact) mass is 585 g/mol.